The zero-order chi connectivity index (χ0) is 25.4. The van der Waals surface area contributed by atoms with Crippen LogP contribution in [0, 0.1) is 41.5 Å². The largest absolute Gasteiger partial charge is 0.508 e. The minimum absolute atomic E-state index is 0.0780. The third-order valence-corrected chi connectivity index (χ3v) is 6.43. The number of phenolic OH excluding ortho intramolecular Hbond substituents is 3. The lowest BCUT2D eigenvalue weighted by Crippen LogP contribution is -2.13. The molecular weight excluding hydrogens is 438 g/mol. The van der Waals surface area contributed by atoms with E-state index in [-0.39, 0.29) is 17.2 Å². The van der Waals surface area contributed by atoms with E-state index >= 15 is 0 Å². The number of benzene rings is 4. The van der Waals surface area contributed by atoms with Gasteiger partial charge in [0.15, 0.2) is 11.5 Å². The summed E-state index contributed by atoms with van der Waals surface area (Å²) < 4.78 is 6.16. The van der Waals surface area contributed by atoms with Crippen LogP contribution in [-0.2, 0) is 0 Å². The highest BCUT2D eigenvalue weighted by atomic mass is 16.5. The van der Waals surface area contributed by atoms with E-state index in [4.69, 9.17) is 4.74 Å². The molecule has 0 aliphatic heterocycles. The molecule has 0 bridgehead atoms. The van der Waals surface area contributed by atoms with Crippen LogP contribution in [0.25, 0.3) is 0 Å². The van der Waals surface area contributed by atoms with Crippen LogP contribution < -0.4 is 9.64 Å². The fourth-order valence-electron chi connectivity index (χ4n) is 4.22. The van der Waals surface area contributed by atoms with E-state index in [0.29, 0.717) is 11.5 Å². The lowest BCUT2D eigenvalue weighted by molar-refractivity contribution is 0.408. The number of aryl methyl sites for hydroxylation is 3. The molecule has 0 unspecified atom stereocenters. The molecule has 0 saturated heterocycles. The maximum Gasteiger partial charge on any atom is 0.172 e. The summed E-state index contributed by atoms with van der Waals surface area (Å²) in [5, 5.41) is 31.6. The van der Waals surface area contributed by atoms with Gasteiger partial charge >= 0.3 is 0 Å². The van der Waals surface area contributed by atoms with Gasteiger partial charge in [-0.1, -0.05) is 12.1 Å². The molecule has 35 heavy (non-hydrogen) atoms. The maximum absolute atomic E-state index is 10.6. The molecule has 4 rings (SSSR count). The zero-order valence-corrected chi connectivity index (χ0v) is 21.0. The van der Waals surface area contributed by atoms with Crippen LogP contribution in [0.15, 0.2) is 60.7 Å². The topological polar surface area (TPSA) is 73.2 Å². The van der Waals surface area contributed by atoms with Crippen molar-refractivity contribution in [1.29, 1.82) is 0 Å². The average Bonchev–Trinajstić information content (AvgIpc) is 2.80. The van der Waals surface area contributed by atoms with Gasteiger partial charge in [-0.15, -0.1) is 0 Å². The van der Waals surface area contributed by atoms with Crippen LogP contribution in [0.3, 0.4) is 0 Å². The summed E-state index contributed by atoms with van der Waals surface area (Å²) in [6.45, 7) is 11.5. The summed E-state index contributed by atoms with van der Waals surface area (Å²) in [6, 6.07) is 18.5. The smallest absolute Gasteiger partial charge is 0.172 e. The summed E-state index contributed by atoms with van der Waals surface area (Å²) in [6.07, 6.45) is 0. The molecule has 0 spiro atoms. The summed E-state index contributed by atoms with van der Waals surface area (Å²) in [5.41, 5.74) is 7.52. The summed E-state index contributed by atoms with van der Waals surface area (Å²) in [7, 11) is 0. The molecule has 0 heterocycles. The average molecular weight is 470 g/mol. The van der Waals surface area contributed by atoms with Crippen LogP contribution in [0.4, 0.5) is 17.1 Å². The number of hydrogen-bond donors (Lipinski definition) is 3. The number of rotatable bonds is 5. The Labute approximate surface area is 206 Å². The Kier molecular flexibility index (Phi) is 6.35. The van der Waals surface area contributed by atoms with E-state index in [9.17, 15) is 15.3 Å². The number of anilines is 3. The summed E-state index contributed by atoms with van der Waals surface area (Å²) in [5.74, 6) is 1.46. The number of ether oxygens (including phenoxy) is 1. The van der Waals surface area contributed by atoms with Crippen molar-refractivity contribution < 1.29 is 20.1 Å². The molecule has 4 aromatic carbocycles. The van der Waals surface area contributed by atoms with Crippen LogP contribution in [0.1, 0.15) is 33.4 Å². The molecule has 5 heteroatoms. The zero-order valence-electron chi connectivity index (χ0n) is 21.0. The van der Waals surface area contributed by atoms with Gasteiger partial charge in [-0.05, 0) is 106 Å². The van der Waals surface area contributed by atoms with Gasteiger partial charge in [0.05, 0.1) is 11.4 Å². The van der Waals surface area contributed by atoms with Crippen LogP contribution >= 0.6 is 0 Å². The van der Waals surface area contributed by atoms with Gasteiger partial charge in [0.2, 0.25) is 0 Å². The van der Waals surface area contributed by atoms with E-state index in [1.807, 2.05) is 88.9 Å². The van der Waals surface area contributed by atoms with Gasteiger partial charge in [0.1, 0.15) is 17.2 Å². The Bertz CT molecular complexity index is 1370. The molecule has 0 amide bonds. The van der Waals surface area contributed by atoms with Crippen molar-refractivity contribution in [3.8, 4) is 28.7 Å². The lowest BCUT2D eigenvalue weighted by atomic mass is 10.0. The van der Waals surface area contributed by atoms with E-state index in [1.165, 1.54) is 0 Å². The summed E-state index contributed by atoms with van der Waals surface area (Å²) in [4.78, 5) is 2.01. The first kappa shape index (κ1) is 24.0. The molecule has 180 valence electrons. The molecule has 0 fully saturated rings. The summed E-state index contributed by atoms with van der Waals surface area (Å²) >= 11 is 0. The predicted octanol–water partition coefficient (Wildman–Crippen LogP) is 7.92. The number of aromatic hydroxyl groups is 3. The van der Waals surface area contributed by atoms with E-state index in [2.05, 4.69) is 0 Å². The van der Waals surface area contributed by atoms with Gasteiger partial charge in [-0.25, -0.2) is 0 Å². The van der Waals surface area contributed by atoms with Gasteiger partial charge < -0.3 is 25.0 Å². The van der Waals surface area contributed by atoms with Gasteiger partial charge in [0, 0.05) is 22.9 Å². The molecular formula is C30H31NO4. The standard InChI is InChI=1S/C30H31NO4/c1-17-12-25(21(5)28(33)14-17)31(26-13-18(2)15-29(34)22(26)6)23-8-7-9-24(16-23)35-30-20(4)19(3)10-11-27(30)32/h7-16,32-34H,1-6H3. The van der Waals surface area contributed by atoms with Crippen LogP contribution in [0.5, 0.6) is 28.7 Å². The molecule has 3 N–H and O–H groups in total. The fourth-order valence-corrected chi connectivity index (χ4v) is 4.22. The Morgan fingerprint density at radius 3 is 1.74 bits per heavy atom. The molecule has 4 aromatic rings. The van der Waals surface area contributed by atoms with Crippen LogP contribution in [-0.4, -0.2) is 15.3 Å². The van der Waals surface area contributed by atoms with Gasteiger partial charge in [-0.2, -0.15) is 0 Å². The monoisotopic (exact) mass is 469 g/mol. The van der Waals surface area contributed by atoms with Crippen molar-refractivity contribution >= 4 is 17.1 Å². The lowest BCUT2D eigenvalue weighted by Gasteiger charge is -2.30. The fraction of sp³-hybridized carbons (Fsp3) is 0.200. The second-order valence-corrected chi connectivity index (χ2v) is 9.15. The highest BCUT2D eigenvalue weighted by Crippen LogP contribution is 2.45. The van der Waals surface area contributed by atoms with E-state index in [0.717, 1.165) is 50.4 Å². The first-order chi connectivity index (χ1) is 16.6. The minimum atomic E-state index is 0.0780. The van der Waals surface area contributed by atoms with E-state index < -0.39 is 0 Å². The number of nitrogens with zero attached hydrogens (tertiary/aromatic N) is 1. The first-order valence-electron chi connectivity index (χ1n) is 11.5. The number of phenols is 3. The highest BCUT2D eigenvalue weighted by Gasteiger charge is 2.21. The molecule has 0 saturated carbocycles. The number of hydrogen-bond acceptors (Lipinski definition) is 5. The molecule has 0 radical (unpaired) electrons. The van der Waals surface area contributed by atoms with Crippen molar-refractivity contribution in [1.82, 2.24) is 0 Å². The molecule has 0 aliphatic rings. The normalized spacial score (nSPS) is 10.9. The molecule has 5 nitrogen and oxygen atoms in total. The van der Waals surface area contributed by atoms with Crippen molar-refractivity contribution in [3.63, 3.8) is 0 Å². The maximum atomic E-state index is 10.6. The van der Waals surface area contributed by atoms with Gasteiger partial charge in [-0.3, -0.25) is 0 Å². The van der Waals surface area contributed by atoms with Gasteiger partial charge in [0.25, 0.3) is 0 Å². The Morgan fingerprint density at radius 1 is 0.600 bits per heavy atom. The third kappa shape index (κ3) is 4.62. The second-order valence-electron chi connectivity index (χ2n) is 9.15. The van der Waals surface area contributed by atoms with Crippen LogP contribution in [0.2, 0.25) is 0 Å². The Balaban J connectivity index is 1.92. The highest BCUT2D eigenvalue weighted by molar-refractivity contribution is 5.83. The Hall–Kier alpha value is -4.12. The van der Waals surface area contributed by atoms with Crippen molar-refractivity contribution in [2.24, 2.45) is 0 Å². The van der Waals surface area contributed by atoms with Crippen molar-refractivity contribution in [3.05, 3.63) is 94.0 Å². The van der Waals surface area contributed by atoms with Crippen molar-refractivity contribution in [2.75, 3.05) is 4.90 Å². The van der Waals surface area contributed by atoms with E-state index in [1.54, 1.807) is 18.2 Å². The Morgan fingerprint density at radius 2 is 1.17 bits per heavy atom. The first-order valence-corrected chi connectivity index (χ1v) is 11.5. The molecule has 0 atom stereocenters. The second kappa shape index (κ2) is 9.26. The van der Waals surface area contributed by atoms with Crippen molar-refractivity contribution in [2.45, 2.75) is 41.5 Å². The minimum Gasteiger partial charge on any atom is -0.508 e. The quantitative estimate of drug-likeness (QED) is 0.277. The molecule has 0 aromatic heterocycles. The third-order valence-electron chi connectivity index (χ3n) is 6.43. The predicted molar refractivity (Wildman–Crippen MR) is 141 cm³/mol. The molecule has 0 aliphatic carbocycles. The SMILES string of the molecule is Cc1cc(O)c(C)c(N(c2cccc(Oc3c(O)ccc(C)c3C)c2)c2cc(C)cc(O)c2C)c1.